The SMILES string of the molecule is Cc1noc([C@H]2C[C@@H]3CCN(C(=O)N(C)C)C[C@@H]3O2)n1. The molecular weight excluding hydrogens is 260 g/mol. The Kier molecular flexibility index (Phi) is 3.37. The van der Waals surface area contributed by atoms with Crippen LogP contribution >= 0.6 is 0 Å². The zero-order valence-electron chi connectivity index (χ0n) is 12.1. The number of ether oxygens (including phenoxy) is 1. The molecule has 20 heavy (non-hydrogen) atoms. The van der Waals surface area contributed by atoms with E-state index in [4.69, 9.17) is 9.26 Å². The molecule has 7 heteroatoms. The van der Waals surface area contributed by atoms with Crippen LogP contribution in [0, 0.1) is 12.8 Å². The van der Waals surface area contributed by atoms with Gasteiger partial charge in [0.1, 0.15) is 6.10 Å². The third-order valence-electron chi connectivity index (χ3n) is 4.02. The molecular formula is C13H20N4O3. The highest BCUT2D eigenvalue weighted by atomic mass is 16.5. The summed E-state index contributed by atoms with van der Waals surface area (Å²) in [4.78, 5) is 19.7. The van der Waals surface area contributed by atoms with Crippen LogP contribution in [0.2, 0.25) is 0 Å². The van der Waals surface area contributed by atoms with Gasteiger partial charge in [-0.25, -0.2) is 4.79 Å². The number of likely N-dealkylation sites (tertiary alicyclic amines) is 1. The van der Waals surface area contributed by atoms with Gasteiger partial charge in [-0.1, -0.05) is 5.16 Å². The maximum absolute atomic E-state index is 12.0. The first-order valence-electron chi connectivity index (χ1n) is 6.96. The van der Waals surface area contributed by atoms with Gasteiger partial charge < -0.3 is 19.1 Å². The number of aromatic nitrogens is 2. The van der Waals surface area contributed by atoms with Crippen LogP contribution in [0.1, 0.15) is 30.7 Å². The Balaban J connectivity index is 1.65. The second-order valence-corrected chi connectivity index (χ2v) is 5.75. The lowest BCUT2D eigenvalue weighted by atomic mass is 9.92. The summed E-state index contributed by atoms with van der Waals surface area (Å²) in [6, 6.07) is 0.0455. The van der Waals surface area contributed by atoms with Gasteiger partial charge in [0.05, 0.1) is 6.10 Å². The minimum atomic E-state index is -0.124. The first-order chi connectivity index (χ1) is 9.54. The zero-order chi connectivity index (χ0) is 14.3. The maximum atomic E-state index is 12.0. The average Bonchev–Trinajstić information content (AvgIpc) is 3.02. The van der Waals surface area contributed by atoms with Gasteiger partial charge in [0.25, 0.3) is 5.89 Å². The molecule has 2 saturated heterocycles. The van der Waals surface area contributed by atoms with Gasteiger partial charge in [-0.15, -0.1) is 0 Å². The molecule has 0 unspecified atom stereocenters. The number of rotatable bonds is 1. The minimum absolute atomic E-state index is 0.0455. The molecule has 0 spiro atoms. The van der Waals surface area contributed by atoms with Crippen molar-refractivity contribution in [2.24, 2.45) is 5.92 Å². The van der Waals surface area contributed by atoms with Crippen molar-refractivity contribution in [3.63, 3.8) is 0 Å². The molecule has 7 nitrogen and oxygen atoms in total. The Morgan fingerprint density at radius 1 is 1.45 bits per heavy atom. The number of nitrogens with zero attached hydrogens (tertiary/aromatic N) is 4. The Labute approximate surface area is 117 Å². The molecule has 3 atom stereocenters. The van der Waals surface area contributed by atoms with Crippen LogP contribution < -0.4 is 0 Å². The highest BCUT2D eigenvalue weighted by Gasteiger charge is 2.42. The van der Waals surface area contributed by atoms with Crippen LogP contribution in [0.15, 0.2) is 4.52 Å². The highest BCUT2D eigenvalue weighted by Crippen LogP contribution is 2.40. The van der Waals surface area contributed by atoms with Crippen LogP contribution in [0.4, 0.5) is 4.79 Å². The number of piperidine rings is 1. The number of carbonyl (C=O) groups excluding carboxylic acids is 1. The minimum Gasteiger partial charge on any atom is -0.363 e. The van der Waals surface area contributed by atoms with E-state index in [2.05, 4.69) is 10.1 Å². The van der Waals surface area contributed by atoms with Crippen molar-refractivity contribution in [1.82, 2.24) is 19.9 Å². The van der Waals surface area contributed by atoms with Gasteiger partial charge >= 0.3 is 6.03 Å². The summed E-state index contributed by atoms with van der Waals surface area (Å²) in [7, 11) is 3.54. The Hall–Kier alpha value is -1.63. The second-order valence-electron chi connectivity index (χ2n) is 5.75. The Morgan fingerprint density at radius 3 is 2.90 bits per heavy atom. The standard InChI is InChI=1S/C13H20N4O3/c1-8-14-12(20-15-8)10-6-9-4-5-17(7-11(9)19-10)13(18)16(2)3/h9-11H,4-7H2,1-3H3/t9-,10+,11-/m0/s1. The van der Waals surface area contributed by atoms with Crippen LogP contribution in [0.25, 0.3) is 0 Å². The number of urea groups is 1. The van der Waals surface area contributed by atoms with Crippen molar-refractivity contribution in [3.8, 4) is 0 Å². The van der Waals surface area contributed by atoms with Crippen molar-refractivity contribution in [1.29, 1.82) is 0 Å². The Morgan fingerprint density at radius 2 is 2.25 bits per heavy atom. The Bertz CT molecular complexity index is 502. The highest BCUT2D eigenvalue weighted by molar-refractivity contribution is 5.74. The van der Waals surface area contributed by atoms with Crippen LogP contribution in [0.3, 0.4) is 0 Å². The molecule has 2 amide bonds. The molecule has 0 radical (unpaired) electrons. The molecule has 0 saturated carbocycles. The molecule has 110 valence electrons. The smallest absolute Gasteiger partial charge is 0.319 e. The lowest BCUT2D eigenvalue weighted by Crippen LogP contribution is -2.48. The number of aryl methyl sites for hydroxylation is 1. The van der Waals surface area contributed by atoms with E-state index in [-0.39, 0.29) is 18.2 Å². The van der Waals surface area contributed by atoms with Crippen molar-refractivity contribution >= 4 is 6.03 Å². The normalized spacial score (nSPS) is 29.4. The topological polar surface area (TPSA) is 71.7 Å². The van der Waals surface area contributed by atoms with E-state index in [1.54, 1.807) is 25.9 Å². The largest absolute Gasteiger partial charge is 0.363 e. The van der Waals surface area contributed by atoms with Gasteiger partial charge in [-0.2, -0.15) is 4.98 Å². The van der Waals surface area contributed by atoms with E-state index in [9.17, 15) is 4.79 Å². The van der Waals surface area contributed by atoms with E-state index in [0.29, 0.717) is 24.2 Å². The number of fused-ring (bicyclic) bond motifs is 1. The third-order valence-corrected chi connectivity index (χ3v) is 4.02. The monoisotopic (exact) mass is 280 g/mol. The lowest BCUT2D eigenvalue weighted by molar-refractivity contribution is -0.0108. The summed E-state index contributed by atoms with van der Waals surface area (Å²) in [6.45, 7) is 3.23. The summed E-state index contributed by atoms with van der Waals surface area (Å²) in [5.74, 6) is 1.66. The predicted octanol–water partition coefficient (Wildman–Crippen LogP) is 1.21. The molecule has 2 aliphatic rings. The van der Waals surface area contributed by atoms with E-state index < -0.39 is 0 Å². The summed E-state index contributed by atoms with van der Waals surface area (Å²) in [5.41, 5.74) is 0. The van der Waals surface area contributed by atoms with Gasteiger partial charge in [0, 0.05) is 27.2 Å². The fraction of sp³-hybridized carbons (Fsp3) is 0.769. The first-order valence-corrected chi connectivity index (χ1v) is 6.96. The predicted molar refractivity (Wildman–Crippen MR) is 70.0 cm³/mol. The van der Waals surface area contributed by atoms with Crippen LogP contribution in [0.5, 0.6) is 0 Å². The summed E-state index contributed by atoms with van der Waals surface area (Å²) >= 11 is 0. The van der Waals surface area contributed by atoms with Crippen molar-refractivity contribution in [2.75, 3.05) is 27.2 Å². The molecule has 1 aromatic rings. The molecule has 2 aliphatic heterocycles. The third kappa shape index (κ3) is 2.37. The van der Waals surface area contributed by atoms with Gasteiger partial charge in [0.2, 0.25) is 0 Å². The van der Waals surface area contributed by atoms with Crippen LogP contribution in [-0.2, 0) is 4.74 Å². The maximum Gasteiger partial charge on any atom is 0.319 e. The van der Waals surface area contributed by atoms with Crippen LogP contribution in [-0.4, -0.2) is 59.3 Å². The summed E-state index contributed by atoms with van der Waals surface area (Å²) in [5, 5.41) is 3.81. The summed E-state index contributed by atoms with van der Waals surface area (Å²) in [6.07, 6.45) is 1.81. The molecule has 1 aromatic heterocycles. The number of hydrogen-bond acceptors (Lipinski definition) is 5. The molecule has 2 fully saturated rings. The van der Waals surface area contributed by atoms with E-state index >= 15 is 0 Å². The lowest BCUT2D eigenvalue weighted by Gasteiger charge is -2.35. The first kappa shape index (κ1) is 13.4. The average molecular weight is 280 g/mol. The number of carbonyl (C=O) groups is 1. The quantitative estimate of drug-likeness (QED) is 0.773. The molecule has 3 heterocycles. The molecule has 0 aromatic carbocycles. The van der Waals surface area contributed by atoms with Gasteiger partial charge in [-0.05, 0) is 25.7 Å². The number of hydrogen-bond donors (Lipinski definition) is 0. The van der Waals surface area contributed by atoms with Crippen molar-refractivity contribution < 1.29 is 14.1 Å². The van der Waals surface area contributed by atoms with Gasteiger partial charge in [-0.3, -0.25) is 0 Å². The zero-order valence-corrected chi connectivity index (χ0v) is 12.1. The molecule has 0 aliphatic carbocycles. The van der Waals surface area contributed by atoms with Crippen molar-refractivity contribution in [2.45, 2.75) is 32.0 Å². The van der Waals surface area contributed by atoms with E-state index in [0.717, 1.165) is 19.4 Å². The fourth-order valence-electron chi connectivity index (χ4n) is 2.99. The van der Waals surface area contributed by atoms with E-state index in [1.165, 1.54) is 0 Å². The van der Waals surface area contributed by atoms with Crippen molar-refractivity contribution in [3.05, 3.63) is 11.7 Å². The molecule has 0 bridgehead atoms. The van der Waals surface area contributed by atoms with E-state index in [1.807, 2.05) is 4.90 Å². The number of amides is 2. The molecule has 0 N–H and O–H groups in total. The van der Waals surface area contributed by atoms with Gasteiger partial charge in [0.15, 0.2) is 5.82 Å². The summed E-state index contributed by atoms with van der Waals surface area (Å²) < 4.78 is 11.2. The molecule has 3 rings (SSSR count). The fourth-order valence-corrected chi connectivity index (χ4v) is 2.99. The second kappa shape index (κ2) is 5.05.